The van der Waals surface area contributed by atoms with Gasteiger partial charge >= 0.3 is 0 Å². The lowest BCUT2D eigenvalue weighted by Crippen LogP contribution is -2.26. The van der Waals surface area contributed by atoms with Crippen LogP contribution in [0, 0.1) is 29.6 Å². The van der Waals surface area contributed by atoms with Crippen molar-refractivity contribution in [2.45, 2.75) is 85.0 Å². The molecule has 0 aliphatic heterocycles. The van der Waals surface area contributed by atoms with Gasteiger partial charge in [-0.2, -0.15) is 0 Å². The summed E-state index contributed by atoms with van der Waals surface area (Å²) in [5.41, 5.74) is 0. The molecule has 1 saturated carbocycles. The fourth-order valence-corrected chi connectivity index (χ4v) is 4.82. The van der Waals surface area contributed by atoms with Crippen molar-refractivity contribution >= 4 is 0 Å². The first-order chi connectivity index (χ1) is 11.1. The Balaban J connectivity index is 1.75. The van der Waals surface area contributed by atoms with Crippen LogP contribution in [0.25, 0.3) is 0 Å². The Hall–Kier alpha value is -0.720. The molecule has 1 heteroatoms. The van der Waals surface area contributed by atoms with Gasteiger partial charge in [-0.15, -0.1) is 0 Å². The number of allylic oxidation sites excluding steroid dienone is 4. The van der Waals surface area contributed by atoms with Crippen molar-refractivity contribution in [2.75, 3.05) is 0 Å². The maximum absolute atomic E-state index is 9.45. The molecule has 2 aliphatic carbocycles. The highest BCUT2D eigenvalue weighted by molar-refractivity contribution is 5.03. The average molecular weight is 319 g/mol. The summed E-state index contributed by atoms with van der Waals surface area (Å²) >= 11 is 0. The van der Waals surface area contributed by atoms with Crippen molar-refractivity contribution in [1.82, 2.24) is 0 Å². The molecule has 1 N–H and O–H groups in total. The molecule has 132 valence electrons. The molecule has 0 heterocycles. The monoisotopic (exact) mass is 318 g/mol. The minimum atomic E-state index is 0.593. The normalized spacial score (nSPS) is 31.8. The molecule has 0 spiro atoms. The topological polar surface area (TPSA) is 20.2 Å². The highest BCUT2D eigenvalue weighted by Crippen LogP contribution is 2.39. The smallest absolute Gasteiger partial charge is 0.0883 e. The van der Waals surface area contributed by atoms with E-state index in [2.05, 4.69) is 32.9 Å². The Morgan fingerprint density at radius 2 is 2.04 bits per heavy atom. The van der Waals surface area contributed by atoms with Crippen LogP contribution in [0.5, 0.6) is 0 Å². The second-order valence-corrected chi connectivity index (χ2v) is 8.33. The zero-order valence-electron chi connectivity index (χ0n) is 15.6. The summed E-state index contributed by atoms with van der Waals surface area (Å²) in [7, 11) is 0. The fraction of sp³-hybridized carbons (Fsp3) is 0.818. The third-order valence-electron chi connectivity index (χ3n) is 6.39. The van der Waals surface area contributed by atoms with Gasteiger partial charge in [-0.05, 0) is 67.8 Å². The molecule has 0 saturated heterocycles. The molecule has 0 amide bonds. The molecule has 2 rings (SSSR count). The van der Waals surface area contributed by atoms with Crippen molar-refractivity contribution in [3.63, 3.8) is 0 Å². The van der Waals surface area contributed by atoms with Crippen LogP contribution in [-0.2, 0) is 0 Å². The summed E-state index contributed by atoms with van der Waals surface area (Å²) in [6.07, 6.45) is 19.7. The molecule has 23 heavy (non-hydrogen) atoms. The van der Waals surface area contributed by atoms with Gasteiger partial charge in [-0.25, -0.2) is 0 Å². The lowest BCUT2D eigenvalue weighted by atomic mass is 9.70. The van der Waals surface area contributed by atoms with Crippen molar-refractivity contribution in [1.29, 1.82) is 0 Å². The fourth-order valence-electron chi connectivity index (χ4n) is 4.82. The van der Waals surface area contributed by atoms with E-state index in [1.54, 1.807) is 0 Å². The van der Waals surface area contributed by atoms with E-state index in [4.69, 9.17) is 0 Å². The largest absolute Gasteiger partial charge is 0.513 e. The summed E-state index contributed by atoms with van der Waals surface area (Å²) in [6, 6.07) is 0. The number of aliphatic hydroxyl groups is 1. The van der Waals surface area contributed by atoms with Crippen LogP contribution in [0.4, 0.5) is 0 Å². The van der Waals surface area contributed by atoms with Gasteiger partial charge in [-0.3, -0.25) is 0 Å². The van der Waals surface area contributed by atoms with Gasteiger partial charge in [0, 0.05) is 6.42 Å². The van der Waals surface area contributed by atoms with Gasteiger partial charge in [0.2, 0.25) is 0 Å². The molecular weight excluding hydrogens is 280 g/mol. The molecule has 5 unspecified atom stereocenters. The highest BCUT2D eigenvalue weighted by atomic mass is 16.3. The Morgan fingerprint density at radius 3 is 2.70 bits per heavy atom. The van der Waals surface area contributed by atoms with E-state index in [-0.39, 0.29) is 0 Å². The van der Waals surface area contributed by atoms with E-state index in [1.165, 1.54) is 44.9 Å². The van der Waals surface area contributed by atoms with Crippen LogP contribution >= 0.6 is 0 Å². The van der Waals surface area contributed by atoms with Crippen molar-refractivity contribution < 1.29 is 5.11 Å². The predicted octanol–water partition coefficient (Wildman–Crippen LogP) is 7.05. The molecule has 5 atom stereocenters. The summed E-state index contributed by atoms with van der Waals surface area (Å²) in [4.78, 5) is 0. The minimum absolute atomic E-state index is 0.593. The van der Waals surface area contributed by atoms with Crippen LogP contribution in [-0.4, -0.2) is 5.11 Å². The van der Waals surface area contributed by atoms with Crippen LogP contribution < -0.4 is 0 Å². The van der Waals surface area contributed by atoms with Gasteiger partial charge in [0.1, 0.15) is 0 Å². The third-order valence-corrected chi connectivity index (χ3v) is 6.39. The molecule has 0 aromatic carbocycles. The molecule has 1 fully saturated rings. The van der Waals surface area contributed by atoms with E-state index in [0.29, 0.717) is 11.7 Å². The maximum Gasteiger partial charge on any atom is 0.0883 e. The third kappa shape index (κ3) is 6.01. The first-order valence-corrected chi connectivity index (χ1v) is 10.1. The number of aliphatic hydroxyl groups excluding tert-OH is 1. The Labute approximate surface area is 144 Å². The Bertz CT molecular complexity index is 395. The number of rotatable bonds is 7. The summed E-state index contributed by atoms with van der Waals surface area (Å²) in [5, 5.41) is 9.45. The van der Waals surface area contributed by atoms with E-state index >= 15 is 0 Å². The summed E-state index contributed by atoms with van der Waals surface area (Å²) in [6.45, 7) is 7.32. The van der Waals surface area contributed by atoms with E-state index in [0.717, 1.165) is 42.9 Å². The zero-order valence-corrected chi connectivity index (χ0v) is 15.6. The minimum Gasteiger partial charge on any atom is -0.513 e. The van der Waals surface area contributed by atoms with Gasteiger partial charge in [0.15, 0.2) is 0 Å². The van der Waals surface area contributed by atoms with Crippen molar-refractivity contribution in [3.05, 3.63) is 24.0 Å². The second kappa shape index (κ2) is 9.55. The van der Waals surface area contributed by atoms with Gasteiger partial charge in [0.25, 0.3) is 0 Å². The lowest BCUT2D eigenvalue weighted by Gasteiger charge is -2.36. The van der Waals surface area contributed by atoms with Gasteiger partial charge in [0.05, 0.1) is 5.76 Å². The molecule has 0 aromatic rings. The maximum atomic E-state index is 9.45. The quantitative estimate of drug-likeness (QED) is 0.498. The van der Waals surface area contributed by atoms with Gasteiger partial charge < -0.3 is 5.11 Å². The summed E-state index contributed by atoms with van der Waals surface area (Å²) in [5.74, 6) is 4.90. The van der Waals surface area contributed by atoms with Crippen LogP contribution in [0.15, 0.2) is 24.0 Å². The standard InChI is InChI=1S/C22H38O/c1-4-20(22-11-6-5-9-18(22)3)16-17(2)8-7-10-19-12-14-21(23)15-13-19/h7,10,14,17-20,22-23H,4-6,8-9,11-13,15-16H2,1-3H3/b10-7+. The Morgan fingerprint density at radius 1 is 1.26 bits per heavy atom. The molecule has 0 bridgehead atoms. The lowest BCUT2D eigenvalue weighted by molar-refractivity contribution is 0.148. The first kappa shape index (κ1) is 18.6. The number of hydrogen-bond acceptors (Lipinski definition) is 1. The van der Waals surface area contributed by atoms with Crippen LogP contribution in [0.2, 0.25) is 0 Å². The molecule has 0 aromatic heterocycles. The van der Waals surface area contributed by atoms with Gasteiger partial charge in [-0.1, -0.05) is 58.6 Å². The molecular formula is C22H38O. The molecule has 0 radical (unpaired) electrons. The predicted molar refractivity (Wildman–Crippen MR) is 100 cm³/mol. The zero-order chi connectivity index (χ0) is 16.7. The number of hydrogen-bond donors (Lipinski definition) is 1. The van der Waals surface area contributed by atoms with Crippen molar-refractivity contribution in [3.8, 4) is 0 Å². The van der Waals surface area contributed by atoms with Crippen LogP contribution in [0.3, 0.4) is 0 Å². The van der Waals surface area contributed by atoms with E-state index in [9.17, 15) is 5.11 Å². The average Bonchev–Trinajstić information content (AvgIpc) is 2.55. The van der Waals surface area contributed by atoms with Crippen molar-refractivity contribution in [2.24, 2.45) is 29.6 Å². The van der Waals surface area contributed by atoms with E-state index < -0.39 is 0 Å². The van der Waals surface area contributed by atoms with Crippen LogP contribution in [0.1, 0.15) is 85.0 Å². The molecule has 1 nitrogen and oxygen atoms in total. The highest BCUT2D eigenvalue weighted by Gasteiger charge is 2.28. The summed E-state index contributed by atoms with van der Waals surface area (Å²) < 4.78 is 0. The molecule has 2 aliphatic rings. The van der Waals surface area contributed by atoms with E-state index in [1.807, 2.05) is 6.08 Å². The first-order valence-electron chi connectivity index (χ1n) is 10.1. The second-order valence-electron chi connectivity index (χ2n) is 8.33. The SMILES string of the molecule is CCC(CC(C)C/C=C/C1CC=C(O)CC1)C1CCCCC1C. The Kier molecular flexibility index (Phi) is 7.73.